The lowest BCUT2D eigenvalue weighted by Crippen LogP contribution is -2.08. The molecule has 264 valence electrons. The number of carbonyl (C=O) groups is 1. The van der Waals surface area contributed by atoms with E-state index in [0.717, 1.165) is 24.2 Å². The molecule has 3 aromatic rings. The van der Waals surface area contributed by atoms with Gasteiger partial charge in [0.05, 0.1) is 11.7 Å². The Bertz CT molecular complexity index is 1230. The Morgan fingerprint density at radius 2 is 1.00 bits per heavy atom. The molecule has 0 bridgehead atoms. The third-order valence-corrected chi connectivity index (χ3v) is 9.81. The summed E-state index contributed by atoms with van der Waals surface area (Å²) in [4.78, 5) is 12.9. The molecule has 0 heterocycles. The van der Waals surface area contributed by atoms with Crippen molar-refractivity contribution < 1.29 is 14.3 Å². The van der Waals surface area contributed by atoms with E-state index in [1.807, 2.05) is 36.4 Å². The maximum absolute atomic E-state index is 12.9. The first-order valence-corrected chi connectivity index (χ1v) is 19.7. The molecule has 0 radical (unpaired) electrons. The Labute approximate surface area is 294 Å². The van der Waals surface area contributed by atoms with Crippen molar-refractivity contribution in [3.63, 3.8) is 0 Å². The van der Waals surface area contributed by atoms with E-state index in [2.05, 4.69) is 64.1 Å². The first kappa shape index (κ1) is 39.5. The molecule has 3 nitrogen and oxygen atoms in total. The lowest BCUT2D eigenvalue weighted by atomic mass is 9.90. The van der Waals surface area contributed by atoms with Crippen LogP contribution in [-0.2, 0) is 4.74 Å². The highest BCUT2D eigenvalue weighted by molar-refractivity contribution is 5.91. The smallest absolute Gasteiger partial charge is 0.343 e. The number of hydrogen-bond donors (Lipinski definition) is 0. The Morgan fingerprint density at radius 3 is 1.52 bits per heavy atom. The van der Waals surface area contributed by atoms with E-state index in [9.17, 15) is 4.79 Å². The summed E-state index contributed by atoms with van der Waals surface area (Å²) in [6, 6.07) is 24.4. The van der Waals surface area contributed by atoms with Gasteiger partial charge >= 0.3 is 5.97 Å². The average molecular weight is 655 g/mol. The molecule has 0 saturated carbocycles. The van der Waals surface area contributed by atoms with Gasteiger partial charge in [-0.05, 0) is 78.6 Å². The number of hydrogen-bond acceptors (Lipinski definition) is 3. The van der Waals surface area contributed by atoms with Crippen LogP contribution in [0.1, 0.15) is 183 Å². The van der Waals surface area contributed by atoms with Gasteiger partial charge in [-0.3, -0.25) is 0 Å². The molecule has 0 N–H and O–H groups in total. The Balaban J connectivity index is 1.32. The van der Waals surface area contributed by atoms with Crippen LogP contribution in [0.25, 0.3) is 11.1 Å². The zero-order valence-corrected chi connectivity index (χ0v) is 30.9. The first-order valence-electron chi connectivity index (χ1n) is 19.7. The monoisotopic (exact) mass is 655 g/mol. The first-order chi connectivity index (χ1) is 23.5. The zero-order chi connectivity index (χ0) is 34.2. The molecule has 0 aromatic heterocycles. The minimum atomic E-state index is -0.328. The van der Waals surface area contributed by atoms with Crippen LogP contribution in [0.5, 0.6) is 5.75 Å². The van der Waals surface area contributed by atoms with Crippen LogP contribution in [-0.4, -0.2) is 12.6 Å². The molecular weight excluding hydrogens is 588 g/mol. The van der Waals surface area contributed by atoms with E-state index in [4.69, 9.17) is 9.47 Å². The maximum Gasteiger partial charge on any atom is 0.343 e. The highest BCUT2D eigenvalue weighted by Crippen LogP contribution is 2.29. The predicted molar refractivity (Wildman–Crippen MR) is 205 cm³/mol. The van der Waals surface area contributed by atoms with E-state index in [1.54, 1.807) is 0 Å². The second kappa shape index (κ2) is 24.3. The van der Waals surface area contributed by atoms with Gasteiger partial charge in [0.25, 0.3) is 0 Å². The average Bonchev–Trinajstić information content (AvgIpc) is 3.12. The lowest BCUT2D eigenvalue weighted by molar-refractivity contribution is 0.0627. The van der Waals surface area contributed by atoms with Crippen molar-refractivity contribution in [3.05, 3.63) is 89.5 Å². The summed E-state index contributed by atoms with van der Waals surface area (Å²) in [6.45, 7) is 9.74. The quantitative estimate of drug-likeness (QED) is 0.0491. The molecule has 0 amide bonds. The minimum Gasteiger partial charge on any atom is -0.423 e. The van der Waals surface area contributed by atoms with Crippen LogP contribution >= 0.6 is 0 Å². The zero-order valence-electron chi connectivity index (χ0n) is 30.9. The van der Waals surface area contributed by atoms with Crippen molar-refractivity contribution in [2.45, 2.75) is 162 Å². The fourth-order valence-electron chi connectivity index (χ4n) is 6.65. The second-order valence-corrected chi connectivity index (χ2v) is 13.9. The highest BCUT2D eigenvalue weighted by Gasteiger charge is 2.13. The lowest BCUT2D eigenvalue weighted by Gasteiger charge is -2.16. The van der Waals surface area contributed by atoms with E-state index in [1.165, 1.54) is 127 Å². The number of unbranched alkanes of at least 4 members (excludes halogenated alkanes) is 14. The molecule has 48 heavy (non-hydrogen) atoms. The second-order valence-electron chi connectivity index (χ2n) is 13.9. The molecule has 3 rings (SSSR count). The van der Waals surface area contributed by atoms with Gasteiger partial charge in [-0.25, -0.2) is 4.79 Å². The van der Waals surface area contributed by atoms with Crippen molar-refractivity contribution in [2.75, 3.05) is 6.61 Å². The van der Waals surface area contributed by atoms with Gasteiger partial charge < -0.3 is 9.47 Å². The van der Waals surface area contributed by atoms with Crippen molar-refractivity contribution in [1.82, 2.24) is 0 Å². The van der Waals surface area contributed by atoms with Crippen molar-refractivity contribution in [1.29, 1.82) is 0 Å². The van der Waals surface area contributed by atoms with Crippen LogP contribution in [0.15, 0.2) is 72.8 Å². The summed E-state index contributed by atoms with van der Waals surface area (Å²) >= 11 is 0. The van der Waals surface area contributed by atoms with Crippen molar-refractivity contribution in [2.24, 2.45) is 0 Å². The molecule has 3 heteroatoms. The largest absolute Gasteiger partial charge is 0.423 e. The third kappa shape index (κ3) is 15.1. The summed E-state index contributed by atoms with van der Waals surface area (Å²) in [5.74, 6) is 0.844. The molecule has 0 fully saturated rings. The number of rotatable bonds is 26. The molecule has 0 aliphatic rings. The summed E-state index contributed by atoms with van der Waals surface area (Å²) < 4.78 is 11.9. The van der Waals surface area contributed by atoms with Crippen molar-refractivity contribution in [3.8, 4) is 16.9 Å². The fraction of sp³-hybridized carbons (Fsp3) is 0.578. The van der Waals surface area contributed by atoms with Crippen LogP contribution in [0, 0.1) is 0 Å². The number of carbonyl (C=O) groups excluding carboxylic acids is 1. The van der Waals surface area contributed by atoms with Gasteiger partial charge in [0.15, 0.2) is 0 Å². The van der Waals surface area contributed by atoms with E-state index in [0.29, 0.717) is 17.2 Å². The van der Waals surface area contributed by atoms with Gasteiger partial charge in [-0.1, -0.05) is 172 Å². The number of esters is 1. The van der Waals surface area contributed by atoms with E-state index >= 15 is 0 Å². The molecule has 0 aliphatic carbocycles. The van der Waals surface area contributed by atoms with Crippen molar-refractivity contribution >= 4 is 5.97 Å². The molecule has 2 unspecified atom stereocenters. The maximum atomic E-state index is 12.9. The van der Waals surface area contributed by atoms with E-state index < -0.39 is 0 Å². The minimum absolute atomic E-state index is 0.0844. The molecule has 0 spiro atoms. The van der Waals surface area contributed by atoms with Crippen LogP contribution in [0.2, 0.25) is 0 Å². The van der Waals surface area contributed by atoms with Crippen LogP contribution < -0.4 is 4.74 Å². The SMILES string of the molecule is CCCCCCCCCCCCCCCCOC(C)c1ccc(-c2ccc(C(=O)Oc3ccc(C(CCC)CCCC)cc3)cc2)cc1. The predicted octanol–water partition coefficient (Wildman–Crippen LogP) is 14.2. The number of ether oxygens (including phenoxy) is 2. The molecule has 2 atom stereocenters. The summed E-state index contributed by atoms with van der Waals surface area (Å²) in [6.07, 6.45) is 25.3. The van der Waals surface area contributed by atoms with Gasteiger partial charge in [-0.2, -0.15) is 0 Å². The molecular formula is C45H66O3. The molecule has 0 aliphatic heterocycles. The summed E-state index contributed by atoms with van der Waals surface area (Å²) in [5, 5.41) is 0. The van der Waals surface area contributed by atoms with E-state index in [-0.39, 0.29) is 12.1 Å². The Kier molecular flexibility index (Phi) is 20.0. The van der Waals surface area contributed by atoms with Gasteiger partial charge in [-0.15, -0.1) is 0 Å². The Morgan fingerprint density at radius 1 is 0.521 bits per heavy atom. The van der Waals surface area contributed by atoms with Gasteiger partial charge in [0, 0.05) is 6.61 Å². The van der Waals surface area contributed by atoms with Gasteiger partial charge in [0.1, 0.15) is 5.75 Å². The normalized spacial score (nSPS) is 12.6. The summed E-state index contributed by atoms with van der Waals surface area (Å²) in [7, 11) is 0. The number of benzene rings is 3. The van der Waals surface area contributed by atoms with Crippen LogP contribution in [0.4, 0.5) is 0 Å². The molecule has 3 aromatic carbocycles. The standard InChI is InChI=1S/C45H66O3/c1-5-8-10-11-12-13-14-15-16-17-18-19-20-21-36-47-37(4)38-24-26-40(27-25-38)41-28-30-43(31-29-41)45(46)48-44-34-32-42(33-35-44)39(22-7-3)23-9-6-2/h24-35,37,39H,5-23,36H2,1-4H3. The topological polar surface area (TPSA) is 35.5 Å². The Hall–Kier alpha value is -2.91. The highest BCUT2D eigenvalue weighted by atomic mass is 16.5. The fourth-order valence-corrected chi connectivity index (χ4v) is 6.65. The summed E-state index contributed by atoms with van der Waals surface area (Å²) in [5.41, 5.74) is 5.29. The third-order valence-electron chi connectivity index (χ3n) is 9.81. The van der Waals surface area contributed by atoms with Gasteiger partial charge in [0.2, 0.25) is 0 Å². The molecule has 0 saturated heterocycles. The van der Waals surface area contributed by atoms with Crippen LogP contribution in [0.3, 0.4) is 0 Å².